The molecule has 0 spiro atoms. The highest BCUT2D eigenvalue weighted by atomic mass is 32.2. The van der Waals surface area contributed by atoms with E-state index in [1.165, 1.54) is 71.4 Å². The second kappa shape index (κ2) is 36.8. The molecule has 476 valence electrons. The SMILES string of the molecule is CC(C)CN(C[C@@H](O)[C@H](Cc1ccccc1)NC(=O)O[C@H]1CCOC1)S(=O)(=O)c1ccc(N)cc1.COCCOCC(=O)Nc1ccc(S(=O)(=O)N(CC(C)C)C[C@@H](OC(=O)COCCOC)[C@H](Cc2ccccc2)NC(=O)O[C@H]2CCOC2)cc1. The molecular formula is C60H86N6O18S2. The number of aliphatic hydroxyl groups excluding tert-OH is 1. The third-order valence-corrected chi connectivity index (χ3v) is 16.9. The number of sulfonamides is 2. The summed E-state index contributed by atoms with van der Waals surface area (Å²) < 4.78 is 106. The van der Waals surface area contributed by atoms with Crippen LogP contribution in [0.5, 0.6) is 0 Å². The van der Waals surface area contributed by atoms with Crippen molar-refractivity contribution in [2.75, 3.05) is 118 Å². The normalized spacial score (nSPS) is 16.6. The van der Waals surface area contributed by atoms with Gasteiger partial charge in [0.15, 0.2) is 0 Å². The van der Waals surface area contributed by atoms with E-state index in [1.54, 1.807) is 0 Å². The molecule has 0 aromatic heterocycles. The summed E-state index contributed by atoms with van der Waals surface area (Å²) in [5, 5.41) is 19.4. The van der Waals surface area contributed by atoms with Crippen LogP contribution in [-0.4, -0.2) is 198 Å². The highest BCUT2D eigenvalue weighted by Crippen LogP contribution is 2.24. The number of ether oxygens (including phenoxy) is 9. The number of esters is 1. The van der Waals surface area contributed by atoms with Crippen LogP contribution < -0.4 is 21.7 Å². The summed E-state index contributed by atoms with van der Waals surface area (Å²) in [7, 11) is -5.06. The number of carbonyl (C=O) groups is 4. The van der Waals surface area contributed by atoms with Gasteiger partial charge in [-0.25, -0.2) is 31.2 Å². The van der Waals surface area contributed by atoms with Gasteiger partial charge < -0.3 is 69.4 Å². The second-order valence-corrected chi connectivity index (χ2v) is 25.3. The summed E-state index contributed by atoms with van der Waals surface area (Å²) >= 11 is 0. The Hall–Kier alpha value is -6.30. The van der Waals surface area contributed by atoms with E-state index < -0.39 is 81.1 Å². The Morgan fingerprint density at radius 2 is 1.06 bits per heavy atom. The van der Waals surface area contributed by atoms with Crippen LogP contribution in [-0.2, 0) is 85.1 Å². The number of hydrogen-bond donors (Lipinski definition) is 5. The van der Waals surface area contributed by atoms with E-state index in [4.69, 9.17) is 48.4 Å². The number of benzene rings is 4. The molecule has 2 aliphatic rings. The van der Waals surface area contributed by atoms with Crippen LogP contribution in [0.2, 0.25) is 0 Å². The Bertz CT molecular complexity index is 2860. The molecule has 0 saturated carbocycles. The van der Waals surface area contributed by atoms with Crippen molar-refractivity contribution in [3.8, 4) is 0 Å². The van der Waals surface area contributed by atoms with E-state index in [0.717, 1.165) is 11.1 Å². The molecule has 2 fully saturated rings. The van der Waals surface area contributed by atoms with Gasteiger partial charge >= 0.3 is 18.2 Å². The fourth-order valence-corrected chi connectivity index (χ4v) is 12.2. The van der Waals surface area contributed by atoms with Gasteiger partial charge in [-0.05, 0) is 84.3 Å². The number of anilines is 2. The third-order valence-electron chi connectivity index (χ3n) is 13.2. The molecule has 6 atom stereocenters. The van der Waals surface area contributed by atoms with Crippen molar-refractivity contribution in [3.63, 3.8) is 0 Å². The molecule has 2 saturated heterocycles. The van der Waals surface area contributed by atoms with Crippen LogP contribution in [0.3, 0.4) is 0 Å². The average Bonchev–Trinajstić information content (AvgIpc) is 2.55. The number of hydrogen-bond acceptors (Lipinski definition) is 19. The van der Waals surface area contributed by atoms with Crippen LogP contribution in [0, 0.1) is 11.8 Å². The van der Waals surface area contributed by atoms with E-state index in [0.29, 0.717) is 57.1 Å². The number of nitrogens with zero attached hydrogens (tertiary/aromatic N) is 2. The van der Waals surface area contributed by atoms with E-state index in [-0.39, 0.29) is 93.4 Å². The first kappa shape index (κ1) is 70.5. The Kier molecular flexibility index (Phi) is 30.1. The molecular weight excluding hydrogens is 1160 g/mol. The maximum Gasteiger partial charge on any atom is 0.407 e. The molecule has 6 rings (SSSR count). The van der Waals surface area contributed by atoms with Crippen LogP contribution in [0.15, 0.2) is 119 Å². The van der Waals surface area contributed by atoms with Crippen molar-refractivity contribution in [2.45, 2.75) is 99.7 Å². The lowest BCUT2D eigenvalue weighted by molar-refractivity contribution is -0.157. The van der Waals surface area contributed by atoms with Crippen molar-refractivity contribution in [1.82, 2.24) is 19.2 Å². The number of aliphatic hydroxyl groups is 1. The largest absolute Gasteiger partial charge is 0.457 e. The number of nitrogens with two attached hydrogens (primary N) is 1. The number of alkyl carbamates (subject to hydrolysis) is 2. The van der Waals surface area contributed by atoms with Crippen LogP contribution in [0.1, 0.15) is 51.7 Å². The van der Waals surface area contributed by atoms with Crippen LogP contribution >= 0.6 is 0 Å². The minimum absolute atomic E-state index is 0.0126. The number of nitrogen functional groups attached to an aromatic ring is 1. The van der Waals surface area contributed by atoms with Gasteiger partial charge in [0.1, 0.15) is 31.5 Å². The van der Waals surface area contributed by atoms with Gasteiger partial charge in [0.05, 0.1) is 87.4 Å². The van der Waals surface area contributed by atoms with Crippen LogP contribution in [0.25, 0.3) is 0 Å². The molecule has 0 radical (unpaired) electrons. The molecule has 3 amide bonds. The fraction of sp³-hybridized carbons (Fsp3) is 0.533. The first-order chi connectivity index (χ1) is 41.2. The predicted molar refractivity (Wildman–Crippen MR) is 320 cm³/mol. The molecule has 86 heavy (non-hydrogen) atoms. The zero-order chi connectivity index (χ0) is 62.5. The summed E-state index contributed by atoms with van der Waals surface area (Å²) in [6.07, 6.45) is -2.90. The highest BCUT2D eigenvalue weighted by Gasteiger charge is 2.37. The van der Waals surface area contributed by atoms with Gasteiger partial charge in [0.2, 0.25) is 26.0 Å². The average molecular weight is 1240 g/mol. The molecule has 2 aliphatic heterocycles. The van der Waals surface area contributed by atoms with Crippen molar-refractivity contribution in [3.05, 3.63) is 120 Å². The molecule has 4 aromatic rings. The monoisotopic (exact) mass is 1240 g/mol. The maximum absolute atomic E-state index is 14.2. The summed E-state index contributed by atoms with van der Waals surface area (Å²) in [5.41, 5.74) is 8.25. The van der Waals surface area contributed by atoms with Gasteiger partial charge in [-0.15, -0.1) is 0 Å². The van der Waals surface area contributed by atoms with Gasteiger partial charge in [0.25, 0.3) is 0 Å². The van der Waals surface area contributed by atoms with E-state index in [2.05, 4.69) is 16.0 Å². The molecule has 0 unspecified atom stereocenters. The minimum atomic E-state index is -4.19. The number of methoxy groups -OCH3 is 2. The number of nitrogens with one attached hydrogen (secondary N) is 3. The van der Waals surface area contributed by atoms with Gasteiger partial charge in [-0.3, -0.25) is 4.79 Å². The molecule has 4 aromatic carbocycles. The molecule has 26 heteroatoms. The Morgan fingerprint density at radius 3 is 1.52 bits per heavy atom. The van der Waals surface area contributed by atoms with Gasteiger partial charge in [0, 0.05) is 58.1 Å². The topological polar surface area (TPSA) is 308 Å². The first-order valence-corrected chi connectivity index (χ1v) is 31.5. The minimum Gasteiger partial charge on any atom is -0.457 e. The van der Waals surface area contributed by atoms with Crippen molar-refractivity contribution >= 4 is 55.5 Å². The van der Waals surface area contributed by atoms with Crippen molar-refractivity contribution in [1.29, 1.82) is 0 Å². The molecule has 0 bridgehead atoms. The first-order valence-electron chi connectivity index (χ1n) is 28.6. The summed E-state index contributed by atoms with van der Waals surface area (Å²) in [5.74, 6) is -1.27. The zero-order valence-electron chi connectivity index (χ0n) is 49.9. The highest BCUT2D eigenvalue weighted by molar-refractivity contribution is 7.89. The van der Waals surface area contributed by atoms with Gasteiger partial charge in [-0.2, -0.15) is 8.61 Å². The number of carbonyl (C=O) groups excluding carboxylic acids is 4. The quantitative estimate of drug-likeness (QED) is 0.0177. The summed E-state index contributed by atoms with van der Waals surface area (Å²) in [4.78, 5) is 51.2. The molecule has 0 aliphatic carbocycles. The summed E-state index contributed by atoms with van der Waals surface area (Å²) in [6, 6.07) is 28.6. The smallest absolute Gasteiger partial charge is 0.407 e. The summed E-state index contributed by atoms with van der Waals surface area (Å²) in [6.45, 7) is 9.29. The van der Waals surface area contributed by atoms with Crippen molar-refractivity contribution < 1.29 is 83.8 Å². The lowest BCUT2D eigenvalue weighted by atomic mass is 10.0. The lowest BCUT2D eigenvalue weighted by Gasteiger charge is -2.33. The fourth-order valence-electron chi connectivity index (χ4n) is 8.97. The second-order valence-electron chi connectivity index (χ2n) is 21.4. The Morgan fingerprint density at radius 1 is 0.605 bits per heavy atom. The molecule has 24 nitrogen and oxygen atoms in total. The Balaban J connectivity index is 0.000000336. The lowest BCUT2D eigenvalue weighted by Crippen LogP contribution is -2.53. The Labute approximate surface area is 505 Å². The van der Waals surface area contributed by atoms with E-state index in [9.17, 15) is 41.1 Å². The molecule has 2 heterocycles. The van der Waals surface area contributed by atoms with E-state index in [1.807, 2.05) is 88.4 Å². The standard InChI is InChI=1S/C35H51N3O12S.C25H35N3O6S/c1-26(2)21-38(51(42,43)30-12-10-28(11-13-30)36-33(39)24-47-18-16-44-3)22-32(50-34(40)25-48-19-17-45-4)31(20-27-8-6-5-7-9-27)37-35(41)49-29-14-15-46-23-29;1-18(2)15-28(35(31,32)22-10-8-20(26)9-11-22)16-24(29)23(14-19-6-4-3-5-7-19)27-25(30)34-21-12-13-33-17-21/h5-13,26,29,31-32H,14-25H2,1-4H3,(H,36,39)(H,37,41);3-11,18,21,23-24,29H,12-17,26H2,1-2H3,(H,27,30)/t29-,31-,32+;21-,23-,24+/m00/s1. The van der Waals surface area contributed by atoms with Gasteiger partial charge in [-0.1, -0.05) is 88.4 Å². The maximum atomic E-state index is 14.2. The predicted octanol–water partition coefficient (Wildman–Crippen LogP) is 5.04. The van der Waals surface area contributed by atoms with Crippen LogP contribution in [0.4, 0.5) is 21.0 Å². The zero-order valence-corrected chi connectivity index (χ0v) is 51.5. The third kappa shape index (κ3) is 24.8. The molecule has 6 N–H and O–H groups in total. The van der Waals surface area contributed by atoms with Crippen molar-refractivity contribution in [2.24, 2.45) is 11.8 Å². The van der Waals surface area contributed by atoms with E-state index >= 15 is 0 Å². The number of rotatable bonds is 34. The number of amides is 3.